The molecule has 0 aliphatic rings. The van der Waals surface area contributed by atoms with Crippen molar-refractivity contribution in [3.05, 3.63) is 29.8 Å². The van der Waals surface area contributed by atoms with Crippen molar-refractivity contribution in [2.75, 3.05) is 13.2 Å². The van der Waals surface area contributed by atoms with Gasteiger partial charge in [0.1, 0.15) is 5.75 Å². The first-order valence-electron chi connectivity index (χ1n) is 6.30. The van der Waals surface area contributed by atoms with Gasteiger partial charge in [-0.1, -0.05) is 11.6 Å². The van der Waals surface area contributed by atoms with Crippen molar-refractivity contribution in [3.63, 3.8) is 0 Å². The van der Waals surface area contributed by atoms with E-state index in [2.05, 4.69) is 5.16 Å². The molecule has 0 saturated carbocycles. The van der Waals surface area contributed by atoms with Gasteiger partial charge >= 0.3 is 0 Å². The fraction of sp³-hybridized carbons (Fsp3) is 0.500. The minimum absolute atomic E-state index is 0.272. The monoisotopic (exact) mass is 251 g/mol. The van der Waals surface area contributed by atoms with Gasteiger partial charge in [0, 0.05) is 6.61 Å². The molecule has 2 N–H and O–H groups in total. The maximum Gasteiger partial charge on any atom is 0.119 e. The minimum atomic E-state index is 0.272. The lowest BCUT2D eigenvalue weighted by Crippen LogP contribution is -1.99. The van der Waals surface area contributed by atoms with E-state index < -0.39 is 0 Å². The fourth-order valence-corrected chi connectivity index (χ4v) is 1.61. The van der Waals surface area contributed by atoms with Crippen LogP contribution in [0.2, 0.25) is 0 Å². The van der Waals surface area contributed by atoms with Crippen molar-refractivity contribution in [2.24, 2.45) is 5.16 Å². The molecule has 0 radical (unpaired) electrons. The normalized spacial score (nSPS) is 11.6. The van der Waals surface area contributed by atoms with Crippen molar-refractivity contribution in [3.8, 4) is 5.75 Å². The number of rotatable bonds is 8. The van der Waals surface area contributed by atoms with Crippen LogP contribution in [-0.4, -0.2) is 29.2 Å². The van der Waals surface area contributed by atoms with Crippen LogP contribution in [0.25, 0.3) is 0 Å². The second kappa shape index (κ2) is 8.53. The van der Waals surface area contributed by atoms with Gasteiger partial charge in [0.15, 0.2) is 0 Å². The highest BCUT2D eigenvalue weighted by atomic mass is 16.5. The average Bonchev–Trinajstić information content (AvgIpc) is 2.42. The summed E-state index contributed by atoms with van der Waals surface area (Å²) in [5.74, 6) is 0.826. The quantitative estimate of drug-likeness (QED) is 0.323. The second-order valence-electron chi connectivity index (χ2n) is 4.20. The lowest BCUT2D eigenvalue weighted by Gasteiger charge is -2.06. The third kappa shape index (κ3) is 5.19. The Bertz CT molecular complexity index is 360. The van der Waals surface area contributed by atoms with Crippen LogP contribution in [0.15, 0.2) is 29.4 Å². The van der Waals surface area contributed by atoms with Crippen LogP contribution in [0.5, 0.6) is 5.75 Å². The molecule has 0 aromatic heterocycles. The first kappa shape index (κ1) is 14.5. The van der Waals surface area contributed by atoms with Crippen LogP contribution in [0.3, 0.4) is 0 Å². The van der Waals surface area contributed by atoms with Gasteiger partial charge < -0.3 is 15.1 Å². The Morgan fingerprint density at radius 2 is 1.78 bits per heavy atom. The molecule has 0 saturated heterocycles. The Balaban J connectivity index is 2.27. The van der Waals surface area contributed by atoms with E-state index in [-0.39, 0.29) is 6.61 Å². The second-order valence-corrected chi connectivity index (χ2v) is 4.20. The number of hydrogen-bond acceptors (Lipinski definition) is 4. The van der Waals surface area contributed by atoms with Crippen LogP contribution in [0.1, 0.15) is 38.2 Å². The van der Waals surface area contributed by atoms with E-state index in [0.717, 1.165) is 37.0 Å². The zero-order chi connectivity index (χ0) is 13.2. The van der Waals surface area contributed by atoms with Crippen molar-refractivity contribution < 1.29 is 15.1 Å². The van der Waals surface area contributed by atoms with Crippen molar-refractivity contribution in [2.45, 2.75) is 32.6 Å². The van der Waals surface area contributed by atoms with Gasteiger partial charge in [-0.3, -0.25) is 0 Å². The van der Waals surface area contributed by atoms with Crippen molar-refractivity contribution in [1.29, 1.82) is 0 Å². The van der Waals surface area contributed by atoms with Gasteiger partial charge in [-0.2, -0.15) is 0 Å². The molecule has 0 amide bonds. The zero-order valence-corrected chi connectivity index (χ0v) is 10.8. The lowest BCUT2D eigenvalue weighted by molar-refractivity contribution is 0.273. The van der Waals surface area contributed by atoms with Gasteiger partial charge in [-0.15, -0.1) is 0 Å². The highest BCUT2D eigenvalue weighted by molar-refractivity contribution is 5.98. The Labute approximate surface area is 108 Å². The van der Waals surface area contributed by atoms with E-state index in [1.54, 1.807) is 6.92 Å². The van der Waals surface area contributed by atoms with Crippen LogP contribution < -0.4 is 4.74 Å². The van der Waals surface area contributed by atoms with Crippen LogP contribution >= 0.6 is 0 Å². The number of benzene rings is 1. The summed E-state index contributed by atoms with van der Waals surface area (Å²) in [6, 6.07) is 7.49. The van der Waals surface area contributed by atoms with Gasteiger partial charge in [-0.05, 0) is 56.0 Å². The van der Waals surface area contributed by atoms with Crippen molar-refractivity contribution in [1.82, 2.24) is 0 Å². The number of aliphatic hydroxyl groups excluding tert-OH is 1. The molecule has 0 atom stereocenters. The van der Waals surface area contributed by atoms with E-state index in [4.69, 9.17) is 15.1 Å². The smallest absolute Gasteiger partial charge is 0.119 e. The van der Waals surface area contributed by atoms with Crippen LogP contribution in [-0.2, 0) is 0 Å². The molecule has 0 unspecified atom stereocenters. The largest absolute Gasteiger partial charge is 0.494 e. The molecule has 1 aromatic rings. The SMILES string of the molecule is C/C(=N/O)c1ccc(OCCCCCCO)cc1. The lowest BCUT2D eigenvalue weighted by atomic mass is 10.1. The Hall–Kier alpha value is -1.55. The summed E-state index contributed by atoms with van der Waals surface area (Å²) >= 11 is 0. The summed E-state index contributed by atoms with van der Waals surface area (Å²) < 4.78 is 5.59. The van der Waals surface area contributed by atoms with E-state index in [9.17, 15) is 0 Å². The molecule has 1 aromatic carbocycles. The molecule has 0 heterocycles. The Morgan fingerprint density at radius 1 is 1.11 bits per heavy atom. The van der Waals surface area contributed by atoms with E-state index in [1.807, 2.05) is 24.3 Å². The summed E-state index contributed by atoms with van der Waals surface area (Å²) in [5.41, 5.74) is 1.47. The predicted molar refractivity (Wildman–Crippen MR) is 71.5 cm³/mol. The zero-order valence-electron chi connectivity index (χ0n) is 10.8. The fourth-order valence-electron chi connectivity index (χ4n) is 1.61. The molecule has 0 spiro atoms. The van der Waals surface area contributed by atoms with Crippen LogP contribution in [0.4, 0.5) is 0 Å². The number of unbranched alkanes of at least 4 members (excludes halogenated alkanes) is 3. The molecule has 100 valence electrons. The predicted octanol–water partition coefficient (Wildman–Crippen LogP) is 2.82. The molecule has 0 bridgehead atoms. The first-order chi connectivity index (χ1) is 8.77. The van der Waals surface area contributed by atoms with Gasteiger partial charge in [0.05, 0.1) is 12.3 Å². The number of ether oxygens (including phenoxy) is 1. The number of nitrogens with zero attached hydrogens (tertiary/aromatic N) is 1. The molecule has 4 heteroatoms. The topological polar surface area (TPSA) is 62.1 Å². The molecular weight excluding hydrogens is 230 g/mol. The molecule has 0 aliphatic heterocycles. The molecule has 0 fully saturated rings. The summed E-state index contributed by atoms with van der Waals surface area (Å²) in [4.78, 5) is 0. The number of aliphatic hydroxyl groups is 1. The highest BCUT2D eigenvalue weighted by Gasteiger charge is 1.99. The van der Waals surface area contributed by atoms with Gasteiger partial charge in [-0.25, -0.2) is 0 Å². The standard InChI is InChI=1S/C14H21NO3/c1-12(15-17)13-6-8-14(9-7-13)18-11-5-3-2-4-10-16/h6-9,16-17H,2-5,10-11H2,1H3/b15-12-. The third-order valence-electron chi connectivity index (χ3n) is 2.74. The number of hydrogen-bond donors (Lipinski definition) is 2. The van der Waals surface area contributed by atoms with Gasteiger partial charge in [0.25, 0.3) is 0 Å². The van der Waals surface area contributed by atoms with E-state index >= 15 is 0 Å². The molecule has 4 nitrogen and oxygen atoms in total. The average molecular weight is 251 g/mol. The molecule has 18 heavy (non-hydrogen) atoms. The maximum absolute atomic E-state index is 8.64. The highest BCUT2D eigenvalue weighted by Crippen LogP contribution is 2.13. The van der Waals surface area contributed by atoms with Crippen LogP contribution in [0, 0.1) is 0 Å². The van der Waals surface area contributed by atoms with E-state index in [0.29, 0.717) is 12.3 Å². The maximum atomic E-state index is 8.64. The van der Waals surface area contributed by atoms with E-state index in [1.165, 1.54) is 0 Å². The van der Waals surface area contributed by atoms with Crippen molar-refractivity contribution >= 4 is 5.71 Å². The molecule has 0 aliphatic carbocycles. The first-order valence-corrected chi connectivity index (χ1v) is 6.30. The minimum Gasteiger partial charge on any atom is -0.494 e. The number of oxime groups is 1. The summed E-state index contributed by atoms with van der Waals surface area (Å²) in [6.07, 6.45) is 3.99. The summed E-state index contributed by atoms with van der Waals surface area (Å²) in [5, 5.41) is 20.4. The summed E-state index contributed by atoms with van der Waals surface area (Å²) in [7, 11) is 0. The third-order valence-corrected chi connectivity index (χ3v) is 2.74. The summed E-state index contributed by atoms with van der Waals surface area (Å²) in [6.45, 7) is 2.71. The molecule has 1 rings (SSSR count). The molecular formula is C14H21NO3. The Kier molecular flexibility index (Phi) is 6.87. The Morgan fingerprint density at radius 3 is 2.39 bits per heavy atom. The van der Waals surface area contributed by atoms with Gasteiger partial charge in [0.2, 0.25) is 0 Å².